The van der Waals surface area contributed by atoms with Gasteiger partial charge in [0.1, 0.15) is 5.76 Å². The Morgan fingerprint density at radius 3 is 2.55 bits per heavy atom. The number of carbonyl (C=O) groups excluding carboxylic acids is 1. The van der Waals surface area contributed by atoms with E-state index in [9.17, 15) is 14.9 Å². The number of esters is 1. The van der Waals surface area contributed by atoms with Gasteiger partial charge in [-0.25, -0.2) is 4.79 Å². The summed E-state index contributed by atoms with van der Waals surface area (Å²) in [6.45, 7) is 3.99. The highest BCUT2D eigenvalue weighted by Crippen LogP contribution is 2.34. The Balaban J connectivity index is 2.07. The summed E-state index contributed by atoms with van der Waals surface area (Å²) in [6.07, 6.45) is 1.78. The van der Waals surface area contributed by atoms with Crippen molar-refractivity contribution in [1.29, 1.82) is 0 Å². The second-order valence-corrected chi connectivity index (χ2v) is 5.25. The van der Waals surface area contributed by atoms with Crippen LogP contribution in [0.4, 0.5) is 5.69 Å². The molecule has 1 aliphatic rings. The molecule has 1 aliphatic heterocycles. The fraction of sp³-hybridized carbons (Fsp3) is 0.118. The normalized spacial score (nSPS) is 14.8. The van der Waals surface area contributed by atoms with Crippen molar-refractivity contribution < 1.29 is 14.5 Å². The standard InChI is InChI=1S/C17H13NO4/c1-10-3-4-12(11(2)7-10)8-16-14-6-5-13(18(20)21)9-15(14)17(19)22-16/h3-9H,1-2H3/b16-8-. The first-order chi connectivity index (χ1) is 10.5. The summed E-state index contributed by atoms with van der Waals surface area (Å²) in [5, 5.41) is 10.8. The van der Waals surface area contributed by atoms with Gasteiger partial charge in [0.25, 0.3) is 5.69 Å². The third-order valence-corrected chi connectivity index (χ3v) is 3.61. The maximum absolute atomic E-state index is 11.9. The average Bonchev–Trinajstić information content (AvgIpc) is 2.78. The molecule has 1 heterocycles. The van der Waals surface area contributed by atoms with E-state index < -0.39 is 10.9 Å². The summed E-state index contributed by atoms with van der Waals surface area (Å²) in [6, 6.07) is 10.1. The number of nitro groups is 1. The zero-order valence-electron chi connectivity index (χ0n) is 12.1. The number of aryl methyl sites for hydroxylation is 2. The predicted molar refractivity (Wildman–Crippen MR) is 82.3 cm³/mol. The Hall–Kier alpha value is -2.95. The molecule has 0 atom stereocenters. The molecule has 0 bridgehead atoms. The van der Waals surface area contributed by atoms with E-state index in [-0.39, 0.29) is 11.3 Å². The summed E-state index contributed by atoms with van der Waals surface area (Å²) in [5.74, 6) is -0.142. The molecule has 5 nitrogen and oxygen atoms in total. The van der Waals surface area contributed by atoms with Crippen molar-refractivity contribution in [1.82, 2.24) is 0 Å². The minimum absolute atomic E-state index is 0.122. The Morgan fingerprint density at radius 1 is 1.09 bits per heavy atom. The number of hydrogen-bond donors (Lipinski definition) is 0. The number of fused-ring (bicyclic) bond motifs is 1. The van der Waals surface area contributed by atoms with Crippen LogP contribution < -0.4 is 0 Å². The predicted octanol–water partition coefficient (Wildman–Crippen LogP) is 3.88. The van der Waals surface area contributed by atoms with Crippen molar-refractivity contribution in [3.63, 3.8) is 0 Å². The Labute approximate surface area is 127 Å². The van der Waals surface area contributed by atoms with Crippen LogP contribution in [0.15, 0.2) is 36.4 Å². The number of cyclic esters (lactones) is 1. The van der Waals surface area contributed by atoms with E-state index in [0.29, 0.717) is 11.3 Å². The lowest BCUT2D eigenvalue weighted by molar-refractivity contribution is -0.384. The van der Waals surface area contributed by atoms with Gasteiger partial charge in [-0.1, -0.05) is 23.8 Å². The molecule has 0 aromatic heterocycles. The second-order valence-electron chi connectivity index (χ2n) is 5.25. The van der Waals surface area contributed by atoms with Crippen LogP contribution in [0.3, 0.4) is 0 Å². The van der Waals surface area contributed by atoms with E-state index in [1.165, 1.54) is 12.1 Å². The van der Waals surface area contributed by atoms with Crippen molar-refractivity contribution in [3.8, 4) is 0 Å². The third kappa shape index (κ3) is 2.37. The minimum atomic E-state index is -0.560. The summed E-state index contributed by atoms with van der Waals surface area (Å²) in [4.78, 5) is 22.2. The molecule has 2 aromatic carbocycles. The number of benzene rings is 2. The van der Waals surface area contributed by atoms with E-state index in [1.807, 2.05) is 32.0 Å². The first-order valence-electron chi connectivity index (χ1n) is 6.75. The first kappa shape index (κ1) is 14.0. The lowest BCUT2D eigenvalue weighted by Gasteiger charge is -2.04. The van der Waals surface area contributed by atoms with Crippen LogP contribution in [0, 0.1) is 24.0 Å². The molecule has 0 amide bonds. The molecule has 0 aliphatic carbocycles. The van der Waals surface area contributed by atoms with Crippen molar-refractivity contribution in [2.24, 2.45) is 0 Å². The van der Waals surface area contributed by atoms with Crippen LogP contribution in [0.25, 0.3) is 11.8 Å². The van der Waals surface area contributed by atoms with E-state index in [4.69, 9.17) is 4.74 Å². The van der Waals surface area contributed by atoms with Gasteiger partial charge in [-0.3, -0.25) is 10.1 Å². The van der Waals surface area contributed by atoms with Gasteiger partial charge in [0.2, 0.25) is 0 Å². The molecule has 0 unspecified atom stereocenters. The molecule has 110 valence electrons. The number of nitro benzene ring substituents is 1. The minimum Gasteiger partial charge on any atom is -0.422 e. The molecule has 0 spiro atoms. The largest absolute Gasteiger partial charge is 0.422 e. The Morgan fingerprint density at radius 2 is 1.86 bits per heavy atom. The van der Waals surface area contributed by atoms with Gasteiger partial charge in [-0.2, -0.15) is 0 Å². The van der Waals surface area contributed by atoms with Gasteiger partial charge in [-0.15, -0.1) is 0 Å². The number of carbonyl (C=O) groups is 1. The fourth-order valence-corrected chi connectivity index (χ4v) is 2.48. The smallest absolute Gasteiger partial charge is 0.344 e. The fourth-order valence-electron chi connectivity index (χ4n) is 2.48. The lowest BCUT2D eigenvalue weighted by Crippen LogP contribution is -1.95. The van der Waals surface area contributed by atoms with Crippen LogP contribution in [0.2, 0.25) is 0 Å². The molecule has 2 aromatic rings. The third-order valence-electron chi connectivity index (χ3n) is 3.61. The van der Waals surface area contributed by atoms with E-state index in [2.05, 4.69) is 0 Å². The van der Waals surface area contributed by atoms with E-state index in [0.717, 1.165) is 16.7 Å². The number of non-ortho nitro benzene ring substituents is 1. The van der Waals surface area contributed by atoms with E-state index >= 15 is 0 Å². The molecule has 0 fully saturated rings. The summed E-state index contributed by atoms with van der Waals surface area (Å²) >= 11 is 0. The topological polar surface area (TPSA) is 69.4 Å². The molecule has 3 rings (SSSR count). The van der Waals surface area contributed by atoms with Gasteiger partial charge in [0.15, 0.2) is 0 Å². The number of ether oxygens (including phenoxy) is 1. The summed E-state index contributed by atoms with van der Waals surface area (Å²) in [5.41, 5.74) is 3.85. The zero-order valence-corrected chi connectivity index (χ0v) is 12.1. The lowest BCUT2D eigenvalue weighted by atomic mass is 10.0. The molecular formula is C17H13NO4. The second kappa shape index (κ2) is 5.11. The summed E-state index contributed by atoms with van der Waals surface area (Å²) in [7, 11) is 0. The van der Waals surface area contributed by atoms with Crippen molar-refractivity contribution in [3.05, 3.63) is 74.3 Å². The molecule has 0 saturated heterocycles. The van der Waals surface area contributed by atoms with Crippen LogP contribution in [-0.4, -0.2) is 10.9 Å². The van der Waals surface area contributed by atoms with Crippen LogP contribution in [0.5, 0.6) is 0 Å². The highest BCUT2D eigenvalue weighted by molar-refractivity contribution is 6.06. The van der Waals surface area contributed by atoms with Crippen LogP contribution in [-0.2, 0) is 4.74 Å². The highest BCUT2D eigenvalue weighted by atomic mass is 16.6. The Bertz CT molecular complexity index is 837. The number of hydrogen-bond acceptors (Lipinski definition) is 4. The molecule has 0 saturated carbocycles. The van der Waals surface area contributed by atoms with Crippen LogP contribution >= 0.6 is 0 Å². The summed E-state index contributed by atoms with van der Waals surface area (Å²) < 4.78 is 5.26. The van der Waals surface area contributed by atoms with Crippen LogP contribution in [0.1, 0.15) is 32.6 Å². The van der Waals surface area contributed by atoms with Gasteiger partial charge in [-0.05, 0) is 37.1 Å². The van der Waals surface area contributed by atoms with Gasteiger partial charge >= 0.3 is 5.97 Å². The number of nitrogens with zero attached hydrogens (tertiary/aromatic N) is 1. The first-order valence-corrected chi connectivity index (χ1v) is 6.75. The maximum Gasteiger partial charge on any atom is 0.344 e. The SMILES string of the molecule is Cc1ccc(/C=C2\OC(=O)c3cc([N+](=O)[O-])ccc32)c(C)c1. The number of rotatable bonds is 2. The van der Waals surface area contributed by atoms with Crippen molar-refractivity contribution >= 4 is 23.5 Å². The van der Waals surface area contributed by atoms with Crippen molar-refractivity contribution in [2.45, 2.75) is 13.8 Å². The zero-order chi connectivity index (χ0) is 15.9. The van der Waals surface area contributed by atoms with Crippen molar-refractivity contribution in [2.75, 3.05) is 0 Å². The molecule has 5 heteroatoms. The molecular weight excluding hydrogens is 282 g/mol. The molecule has 22 heavy (non-hydrogen) atoms. The monoisotopic (exact) mass is 295 g/mol. The van der Waals surface area contributed by atoms with Gasteiger partial charge in [0, 0.05) is 17.7 Å². The van der Waals surface area contributed by atoms with Gasteiger partial charge in [0.05, 0.1) is 10.5 Å². The Kier molecular flexibility index (Phi) is 3.25. The quantitative estimate of drug-likeness (QED) is 0.479. The van der Waals surface area contributed by atoms with E-state index in [1.54, 1.807) is 12.1 Å². The average molecular weight is 295 g/mol. The molecule has 0 N–H and O–H groups in total. The van der Waals surface area contributed by atoms with Gasteiger partial charge < -0.3 is 4.74 Å². The highest BCUT2D eigenvalue weighted by Gasteiger charge is 2.28. The maximum atomic E-state index is 11.9. The molecule has 0 radical (unpaired) electrons.